The van der Waals surface area contributed by atoms with E-state index in [2.05, 4.69) is 6.26 Å². The van der Waals surface area contributed by atoms with E-state index in [1.807, 2.05) is 11.8 Å². The maximum absolute atomic E-state index is 5.60. The SMILES string of the molecule is CSCCC1CCCC(CCN)C1. The van der Waals surface area contributed by atoms with Gasteiger partial charge in [0.2, 0.25) is 0 Å². The van der Waals surface area contributed by atoms with Gasteiger partial charge >= 0.3 is 0 Å². The van der Waals surface area contributed by atoms with E-state index < -0.39 is 0 Å². The highest BCUT2D eigenvalue weighted by molar-refractivity contribution is 7.98. The number of nitrogens with two attached hydrogens (primary N) is 1. The highest BCUT2D eigenvalue weighted by atomic mass is 32.2. The second kappa shape index (κ2) is 6.72. The summed E-state index contributed by atoms with van der Waals surface area (Å²) in [6.07, 6.45) is 10.7. The van der Waals surface area contributed by atoms with Gasteiger partial charge in [0.25, 0.3) is 0 Å². The maximum atomic E-state index is 5.60. The summed E-state index contributed by atoms with van der Waals surface area (Å²) in [4.78, 5) is 0. The average molecular weight is 201 g/mol. The quantitative estimate of drug-likeness (QED) is 0.740. The van der Waals surface area contributed by atoms with Crippen LogP contribution in [-0.4, -0.2) is 18.6 Å². The zero-order chi connectivity index (χ0) is 9.52. The molecule has 0 aliphatic heterocycles. The minimum atomic E-state index is 0.889. The Balaban J connectivity index is 2.16. The van der Waals surface area contributed by atoms with E-state index in [9.17, 15) is 0 Å². The first-order chi connectivity index (χ1) is 6.36. The van der Waals surface area contributed by atoms with Crippen LogP contribution < -0.4 is 5.73 Å². The Morgan fingerprint density at radius 2 is 1.92 bits per heavy atom. The van der Waals surface area contributed by atoms with E-state index in [4.69, 9.17) is 5.73 Å². The van der Waals surface area contributed by atoms with Crippen molar-refractivity contribution in [2.24, 2.45) is 17.6 Å². The predicted octanol–water partition coefficient (Wildman–Crippen LogP) is 2.89. The normalized spacial score (nSPS) is 29.1. The molecule has 2 N–H and O–H groups in total. The smallest absolute Gasteiger partial charge is 0.00677 e. The Morgan fingerprint density at radius 1 is 1.23 bits per heavy atom. The second-order valence-electron chi connectivity index (χ2n) is 4.26. The zero-order valence-electron chi connectivity index (χ0n) is 8.80. The highest BCUT2D eigenvalue weighted by Crippen LogP contribution is 2.33. The lowest BCUT2D eigenvalue weighted by Gasteiger charge is -2.28. The monoisotopic (exact) mass is 201 g/mol. The van der Waals surface area contributed by atoms with E-state index in [1.165, 1.54) is 44.3 Å². The van der Waals surface area contributed by atoms with E-state index in [0.717, 1.165) is 18.4 Å². The van der Waals surface area contributed by atoms with Crippen LogP contribution in [0.25, 0.3) is 0 Å². The summed E-state index contributed by atoms with van der Waals surface area (Å²) in [5.74, 6) is 3.31. The Labute approximate surface area is 86.8 Å². The summed E-state index contributed by atoms with van der Waals surface area (Å²) in [6, 6.07) is 0. The molecule has 2 atom stereocenters. The third kappa shape index (κ3) is 4.37. The third-order valence-corrected chi connectivity index (χ3v) is 3.84. The van der Waals surface area contributed by atoms with Crippen molar-refractivity contribution in [1.82, 2.24) is 0 Å². The van der Waals surface area contributed by atoms with Gasteiger partial charge in [-0.3, -0.25) is 0 Å². The molecule has 1 saturated carbocycles. The third-order valence-electron chi connectivity index (χ3n) is 3.20. The highest BCUT2D eigenvalue weighted by Gasteiger charge is 2.20. The van der Waals surface area contributed by atoms with Gasteiger partial charge in [0.1, 0.15) is 0 Å². The van der Waals surface area contributed by atoms with Crippen LogP contribution in [0.2, 0.25) is 0 Å². The van der Waals surface area contributed by atoms with E-state index in [1.54, 1.807) is 0 Å². The molecule has 13 heavy (non-hydrogen) atoms. The van der Waals surface area contributed by atoms with E-state index >= 15 is 0 Å². The zero-order valence-corrected chi connectivity index (χ0v) is 9.61. The summed E-state index contributed by atoms with van der Waals surface area (Å²) < 4.78 is 0. The van der Waals surface area contributed by atoms with Crippen molar-refractivity contribution in [3.05, 3.63) is 0 Å². The molecule has 0 spiro atoms. The first kappa shape index (κ1) is 11.4. The van der Waals surface area contributed by atoms with Crippen LogP contribution in [0.5, 0.6) is 0 Å². The van der Waals surface area contributed by atoms with Gasteiger partial charge in [0.05, 0.1) is 0 Å². The molecule has 0 heterocycles. The molecule has 1 aliphatic rings. The molecule has 2 heteroatoms. The lowest BCUT2D eigenvalue weighted by Crippen LogP contribution is -2.18. The molecule has 1 aliphatic carbocycles. The van der Waals surface area contributed by atoms with Crippen LogP contribution in [0.4, 0.5) is 0 Å². The first-order valence-electron chi connectivity index (χ1n) is 5.55. The lowest BCUT2D eigenvalue weighted by atomic mass is 9.79. The molecule has 0 saturated heterocycles. The molecule has 0 aromatic carbocycles. The summed E-state index contributed by atoms with van der Waals surface area (Å²) >= 11 is 1.99. The largest absolute Gasteiger partial charge is 0.330 e. The van der Waals surface area contributed by atoms with Gasteiger partial charge in [-0.05, 0) is 49.7 Å². The van der Waals surface area contributed by atoms with Crippen molar-refractivity contribution in [1.29, 1.82) is 0 Å². The molecule has 1 fully saturated rings. The maximum Gasteiger partial charge on any atom is -0.00677 e. The summed E-state index contributed by atoms with van der Waals surface area (Å²) in [5.41, 5.74) is 5.60. The van der Waals surface area contributed by atoms with Crippen LogP contribution in [0.15, 0.2) is 0 Å². The van der Waals surface area contributed by atoms with Gasteiger partial charge in [-0.2, -0.15) is 11.8 Å². The Morgan fingerprint density at radius 3 is 2.54 bits per heavy atom. The van der Waals surface area contributed by atoms with Gasteiger partial charge in [-0.25, -0.2) is 0 Å². The van der Waals surface area contributed by atoms with Crippen molar-refractivity contribution in [3.63, 3.8) is 0 Å². The van der Waals surface area contributed by atoms with Gasteiger partial charge in [0, 0.05) is 0 Å². The van der Waals surface area contributed by atoms with Crippen molar-refractivity contribution >= 4 is 11.8 Å². The Kier molecular flexibility index (Phi) is 5.88. The minimum Gasteiger partial charge on any atom is -0.330 e. The Hall–Kier alpha value is 0.310. The lowest BCUT2D eigenvalue weighted by molar-refractivity contribution is 0.253. The first-order valence-corrected chi connectivity index (χ1v) is 6.95. The minimum absolute atomic E-state index is 0.889. The van der Waals surface area contributed by atoms with E-state index in [0.29, 0.717) is 0 Å². The fraction of sp³-hybridized carbons (Fsp3) is 1.00. The van der Waals surface area contributed by atoms with Gasteiger partial charge in [-0.15, -0.1) is 0 Å². The summed E-state index contributed by atoms with van der Waals surface area (Å²) in [7, 11) is 0. The molecule has 0 bridgehead atoms. The molecule has 2 unspecified atom stereocenters. The van der Waals surface area contributed by atoms with E-state index in [-0.39, 0.29) is 0 Å². The average Bonchev–Trinajstić information content (AvgIpc) is 2.16. The molecule has 1 rings (SSSR count). The van der Waals surface area contributed by atoms with Crippen molar-refractivity contribution in [2.45, 2.75) is 38.5 Å². The van der Waals surface area contributed by atoms with Crippen LogP contribution in [0.3, 0.4) is 0 Å². The van der Waals surface area contributed by atoms with Crippen molar-refractivity contribution < 1.29 is 0 Å². The molecule has 0 radical (unpaired) electrons. The van der Waals surface area contributed by atoms with Gasteiger partial charge in [0.15, 0.2) is 0 Å². The van der Waals surface area contributed by atoms with Crippen LogP contribution in [-0.2, 0) is 0 Å². The standard InChI is InChI=1S/C11H23NS/c1-13-8-6-11-4-2-3-10(9-11)5-7-12/h10-11H,2-9,12H2,1H3. The fourth-order valence-electron chi connectivity index (χ4n) is 2.45. The number of hydrogen-bond acceptors (Lipinski definition) is 2. The number of thioether (sulfide) groups is 1. The molecule has 78 valence electrons. The van der Waals surface area contributed by atoms with Crippen LogP contribution in [0, 0.1) is 11.8 Å². The van der Waals surface area contributed by atoms with Crippen LogP contribution in [0.1, 0.15) is 38.5 Å². The number of rotatable bonds is 5. The molecular weight excluding hydrogens is 178 g/mol. The summed E-state index contributed by atoms with van der Waals surface area (Å²) in [5, 5.41) is 0. The van der Waals surface area contributed by atoms with Gasteiger partial charge in [-0.1, -0.05) is 19.3 Å². The molecular formula is C11H23NS. The molecule has 0 aromatic heterocycles. The van der Waals surface area contributed by atoms with Crippen molar-refractivity contribution in [2.75, 3.05) is 18.6 Å². The topological polar surface area (TPSA) is 26.0 Å². The van der Waals surface area contributed by atoms with Gasteiger partial charge < -0.3 is 5.73 Å². The summed E-state index contributed by atoms with van der Waals surface area (Å²) in [6.45, 7) is 0.889. The molecule has 0 amide bonds. The second-order valence-corrected chi connectivity index (χ2v) is 5.24. The Bertz CT molecular complexity index is 125. The number of hydrogen-bond donors (Lipinski definition) is 1. The van der Waals surface area contributed by atoms with Crippen molar-refractivity contribution in [3.8, 4) is 0 Å². The fourth-order valence-corrected chi connectivity index (χ4v) is 3.02. The molecule has 1 nitrogen and oxygen atoms in total. The van der Waals surface area contributed by atoms with Crippen LogP contribution >= 0.6 is 11.8 Å². The molecule has 0 aromatic rings. The predicted molar refractivity (Wildman–Crippen MR) is 62.1 cm³/mol.